The van der Waals surface area contributed by atoms with Gasteiger partial charge in [0.2, 0.25) is 0 Å². The zero-order valence-electron chi connectivity index (χ0n) is 14.6. The largest absolute Gasteiger partial charge is 0.331 e. The fraction of sp³-hybridized carbons (Fsp3) is 0.579. The molecule has 0 bridgehead atoms. The number of carbonyl (C=O) groups excluding carboxylic acids is 2. The molecule has 2 amide bonds. The maximum Gasteiger partial charge on any atom is 0.313 e. The van der Waals surface area contributed by atoms with E-state index in [9.17, 15) is 9.59 Å². The molecule has 130 valence electrons. The van der Waals surface area contributed by atoms with Gasteiger partial charge in [0.25, 0.3) is 0 Å². The number of hydrogen-bond donors (Lipinski definition) is 1. The van der Waals surface area contributed by atoms with Gasteiger partial charge in [0.05, 0.1) is 0 Å². The van der Waals surface area contributed by atoms with Crippen molar-refractivity contribution in [2.24, 2.45) is 5.92 Å². The summed E-state index contributed by atoms with van der Waals surface area (Å²) in [5.74, 6) is -0.382. The first-order chi connectivity index (χ1) is 11.6. The van der Waals surface area contributed by atoms with E-state index >= 15 is 0 Å². The van der Waals surface area contributed by atoms with Gasteiger partial charge in [-0.2, -0.15) is 0 Å². The third-order valence-electron chi connectivity index (χ3n) is 5.37. The fourth-order valence-corrected chi connectivity index (χ4v) is 4.09. The zero-order valence-corrected chi connectivity index (χ0v) is 14.6. The van der Waals surface area contributed by atoms with Gasteiger partial charge in [-0.15, -0.1) is 0 Å². The Kier molecular flexibility index (Phi) is 5.19. The van der Waals surface area contributed by atoms with Gasteiger partial charge in [0.15, 0.2) is 0 Å². The Bertz CT molecular complexity index is 616. The Balaban J connectivity index is 1.70. The smallest absolute Gasteiger partial charge is 0.313 e. The van der Waals surface area contributed by atoms with Gasteiger partial charge in [0, 0.05) is 24.8 Å². The average Bonchev–Trinajstić information content (AvgIpc) is 2.60. The van der Waals surface area contributed by atoms with Crippen molar-refractivity contribution in [2.45, 2.75) is 38.6 Å². The summed E-state index contributed by atoms with van der Waals surface area (Å²) in [6.45, 7) is 4.76. The minimum absolute atomic E-state index is 0.217. The second-order valence-corrected chi connectivity index (χ2v) is 6.98. The molecule has 2 aliphatic rings. The second-order valence-electron chi connectivity index (χ2n) is 6.98. The van der Waals surface area contributed by atoms with E-state index in [-0.39, 0.29) is 11.9 Å². The standard InChI is InChI=1S/C19H27N3O2/c1-3-14-7-4-5-9-16(14)20-18(23)19(24)22-11-6-8-15-13-21(2)12-10-17(15)22/h4-5,7,9,15,17H,3,6,8,10-13H2,1-2H3,(H,20,23)/t15-,17+/m0/s1. The summed E-state index contributed by atoms with van der Waals surface area (Å²) < 4.78 is 0. The summed E-state index contributed by atoms with van der Waals surface area (Å²) >= 11 is 0. The number of nitrogens with zero attached hydrogens (tertiary/aromatic N) is 2. The molecule has 1 aromatic carbocycles. The van der Waals surface area contributed by atoms with Crippen LogP contribution < -0.4 is 5.32 Å². The molecule has 3 rings (SSSR count). The van der Waals surface area contributed by atoms with Crippen LogP contribution in [0, 0.1) is 5.92 Å². The maximum atomic E-state index is 12.7. The summed E-state index contributed by atoms with van der Waals surface area (Å²) in [7, 11) is 2.13. The van der Waals surface area contributed by atoms with Gasteiger partial charge in [-0.1, -0.05) is 25.1 Å². The summed E-state index contributed by atoms with van der Waals surface area (Å²) in [4.78, 5) is 29.4. The van der Waals surface area contributed by atoms with E-state index in [0.29, 0.717) is 12.5 Å². The summed E-state index contributed by atoms with van der Waals surface area (Å²) in [5, 5.41) is 2.82. The molecule has 0 aromatic heterocycles. The van der Waals surface area contributed by atoms with E-state index < -0.39 is 5.91 Å². The lowest BCUT2D eigenvalue weighted by atomic mass is 9.84. The Hall–Kier alpha value is -1.88. The first kappa shape index (κ1) is 17.0. The predicted molar refractivity (Wildman–Crippen MR) is 94.8 cm³/mol. The van der Waals surface area contributed by atoms with Crippen molar-refractivity contribution in [3.05, 3.63) is 29.8 Å². The molecule has 0 aliphatic carbocycles. The zero-order chi connectivity index (χ0) is 17.1. The first-order valence-corrected chi connectivity index (χ1v) is 8.98. The van der Waals surface area contributed by atoms with Crippen molar-refractivity contribution in [1.82, 2.24) is 9.80 Å². The van der Waals surface area contributed by atoms with E-state index in [1.54, 1.807) is 0 Å². The summed E-state index contributed by atoms with van der Waals surface area (Å²) in [5.41, 5.74) is 1.80. The number of anilines is 1. The molecule has 1 N–H and O–H groups in total. The molecule has 0 unspecified atom stereocenters. The molecule has 2 saturated heterocycles. The van der Waals surface area contributed by atoms with Gasteiger partial charge in [0.1, 0.15) is 0 Å². The molecule has 2 heterocycles. The van der Waals surface area contributed by atoms with Crippen molar-refractivity contribution in [3.63, 3.8) is 0 Å². The molecule has 0 saturated carbocycles. The molecular weight excluding hydrogens is 302 g/mol. The highest BCUT2D eigenvalue weighted by Crippen LogP contribution is 2.30. The van der Waals surface area contributed by atoms with Crippen LogP contribution in [0.25, 0.3) is 0 Å². The number of benzene rings is 1. The predicted octanol–water partition coefficient (Wildman–Crippen LogP) is 2.13. The lowest BCUT2D eigenvalue weighted by Gasteiger charge is -2.46. The average molecular weight is 329 g/mol. The van der Waals surface area contributed by atoms with Crippen LogP contribution in [0.15, 0.2) is 24.3 Å². The molecule has 2 fully saturated rings. The molecule has 0 radical (unpaired) electrons. The van der Waals surface area contributed by atoms with Crippen LogP contribution in [-0.2, 0) is 16.0 Å². The third-order valence-corrected chi connectivity index (χ3v) is 5.37. The lowest BCUT2D eigenvalue weighted by Crippen LogP contribution is -2.57. The lowest BCUT2D eigenvalue weighted by molar-refractivity contribution is -0.148. The van der Waals surface area contributed by atoms with Crippen molar-refractivity contribution < 1.29 is 9.59 Å². The van der Waals surface area contributed by atoms with Crippen molar-refractivity contribution in [1.29, 1.82) is 0 Å². The van der Waals surface area contributed by atoms with Gasteiger partial charge in [-0.3, -0.25) is 9.59 Å². The number of aryl methyl sites for hydroxylation is 1. The van der Waals surface area contributed by atoms with Gasteiger partial charge < -0.3 is 15.1 Å². The van der Waals surface area contributed by atoms with E-state index in [1.807, 2.05) is 36.1 Å². The second kappa shape index (κ2) is 7.34. The molecule has 1 aromatic rings. The van der Waals surface area contributed by atoms with E-state index in [0.717, 1.165) is 50.0 Å². The highest BCUT2D eigenvalue weighted by Gasteiger charge is 2.39. The summed E-state index contributed by atoms with van der Waals surface area (Å²) in [6, 6.07) is 7.89. The van der Waals surface area contributed by atoms with Crippen molar-refractivity contribution in [3.8, 4) is 0 Å². The number of fused-ring (bicyclic) bond motifs is 1. The van der Waals surface area contributed by atoms with Crippen LogP contribution in [0.3, 0.4) is 0 Å². The summed E-state index contributed by atoms with van der Waals surface area (Å²) in [6.07, 6.45) is 3.93. The number of hydrogen-bond acceptors (Lipinski definition) is 3. The Labute approximate surface area is 144 Å². The molecule has 24 heavy (non-hydrogen) atoms. The number of likely N-dealkylation sites (tertiary alicyclic amines) is 2. The van der Waals surface area contributed by atoms with Crippen molar-refractivity contribution >= 4 is 17.5 Å². The minimum Gasteiger partial charge on any atom is -0.331 e. The molecule has 2 aliphatic heterocycles. The highest BCUT2D eigenvalue weighted by atomic mass is 16.2. The van der Waals surface area contributed by atoms with Crippen LogP contribution >= 0.6 is 0 Å². The first-order valence-electron chi connectivity index (χ1n) is 8.98. The van der Waals surface area contributed by atoms with Crippen LogP contribution in [0.1, 0.15) is 31.7 Å². The molecule has 5 nitrogen and oxygen atoms in total. The highest BCUT2D eigenvalue weighted by molar-refractivity contribution is 6.39. The van der Waals surface area contributed by atoms with Gasteiger partial charge in [-0.05, 0) is 56.8 Å². The number of amides is 2. The Morgan fingerprint density at radius 1 is 1.21 bits per heavy atom. The molecule has 5 heteroatoms. The van der Waals surface area contributed by atoms with Crippen LogP contribution in [0.4, 0.5) is 5.69 Å². The third kappa shape index (κ3) is 3.46. The topological polar surface area (TPSA) is 52.7 Å². The molecule has 0 spiro atoms. The quantitative estimate of drug-likeness (QED) is 0.846. The number of carbonyl (C=O) groups is 2. The monoisotopic (exact) mass is 329 g/mol. The minimum atomic E-state index is -0.504. The molecular formula is C19H27N3O2. The van der Waals surface area contributed by atoms with Gasteiger partial charge in [-0.25, -0.2) is 0 Å². The number of para-hydroxylation sites is 1. The van der Waals surface area contributed by atoms with E-state index in [2.05, 4.69) is 17.3 Å². The van der Waals surface area contributed by atoms with Crippen LogP contribution in [0.2, 0.25) is 0 Å². The van der Waals surface area contributed by atoms with Crippen molar-refractivity contribution in [2.75, 3.05) is 32.0 Å². The Morgan fingerprint density at radius 2 is 2.00 bits per heavy atom. The number of rotatable bonds is 2. The fourth-order valence-electron chi connectivity index (χ4n) is 4.09. The van der Waals surface area contributed by atoms with Crippen LogP contribution in [0.5, 0.6) is 0 Å². The van der Waals surface area contributed by atoms with E-state index in [4.69, 9.17) is 0 Å². The SMILES string of the molecule is CCc1ccccc1NC(=O)C(=O)N1CCC[C@H]2CN(C)CC[C@H]21. The Morgan fingerprint density at radius 3 is 2.79 bits per heavy atom. The van der Waals surface area contributed by atoms with Gasteiger partial charge >= 0.3 is 11.8 Å². The molecule has 2 atom stereocenters. The number of nitrogens with one attached hydrogen (secondary N) is 1. The van der Waals surface area contributed by atoms with E-state index in [1.165, 1.54) is 0 Å². The maximum absolute atomic E-state index is 12.7. The van der Waals surface area contributed by atoms with Crippen LogP contribution in [-0.4, -0.2) is 54.3 Å². The normalized spacial score (nSPS) is 24.3. The number of piperidine rings is 2.